The number of hydrogen-bond donors (Lipinski definition) is 1. The van der Waals surface area contributed by atoms with Crippen LogP contribution in [0.25, 0.3) is 5.70 Å². The molecule has 3 aromatic carbocycles. The third-order valence-electron chi connectivity index (χ3n) is 6.20. The topological polar surface area (TPSA) is 70.4 Å². The van der Waals surface area contributed by atoms with Crippen molar-refractivity contribution in [1.29, 1.82) is 0 Å². The minimum Gasteiger partial charge on any atom is -0.497 e. The van der Waals surface area contributed by atoms with Crippen molar-refractivity contribution >= 4 is 23.2 Å². The molecule has 6 rings (SSSR count). The van der Waals surface area contributed by atoms with Crippen molar-refractivity contribution in [3.05, 3.63) is 100 Å². The minimum absolute atomic E-state index is 0.261. The van der Waals surface area contributed by atoms with Gasteiger partial charge in [0.1, 0.15) is 35.7 Å². The van der Waals surface area contributed by atoms with Gasteiger partial charge in [-0.25, -0.2) is 4.68 Å². The molecule has 0 bridgehead atoms. The van der Waals surface area contributed by atoms with Crippen molar-refractivity contribution in [1.82, 2.24) is 14.8 Å². The fourth-order valence-electron chi connectivity index (χ4n) is 4.63. The van der Waals surface area contributed by atoms with Crippen LogP contribution in [0.3, 0.4) is 0 Å². The highest BCUT2D eigenvalue weighted by Crippen LogP contribution is 2.51. The summed E-state index contributed by atoms with van der Waals surface area (Å²) in [7, 11) is 3.32. The molecule has 2 aliphatic rings. The van der Waals surface area contributed by atoms with Crippen molar-refractivity contribution in [2.45, 2.75) is 12.1 Å². The summed E-state index contributed by atoms with van der Waals surface area (Å²) in [4.78, 5) is 4.47. The Labute approximate surface area is 201 Å². The molecule has 1 N–H and O–H groups in total. The first-order valence-corrected chi connectivity index (χ1v) is 11.2. The molecule has 0 amide bonds. The Morgan fingerprint density at radius 2 is 1.76 bits per heavy atom. The Morgan fingerprint density at radius 3 is 2.56 bits per heavy atom. The van der Waals surface area contributed by atoms with Crippen molar-refractivity contribution in [2.24, 2.45) is 0 Å². The van der Waals surface area contributed by atoms with Gasteiger partial charge >= 0.3 is 0 Å². The van der Waals surface area contributed by atoms with Crippen LogP contribution in [-0.4, -0.2) is 29.0 Å². The average Bonchev–Trinajstić information content (AvgIpc) is 3.35. The van der Waals surface area contributed by atoms with Gasteiger partial charge in [0.15, 0.2) is 0 Å². The number of ether oxygens (including phenoxy) is 3. The van der Waals surface area contributed by atoms with Crippen LogP contribution in [0, 0.1) is 0 Å². The van der Waals surface area contributed by atoms with Crippen LogP contribution in [-0.2, 0) is 0 Å². The molecule has 0 fully saturated rings. The first-order valence-electron chi connectivity index (χ1n) is 10.8. The van der Waals surface area contributed by atoms with Gasteiger partial charge in [-0.05, 0) is 48.0 Å². The second kappa shape index (κ2) is 8.11. The fraction of sp³-hybridized carbons (Fsp3) is 0.154. The van der Waals surface area contributed by atoms with Crippen LogP contribution < -0.4 is 19.5 Å². The number of benzene rings is 3. The zero-order valence-electron chi connectivity index (χ0n) is 18.5. The zero-order valence-corrected chi connectivity index (χ0v) is 19.3. The molecule has 0 radical (unpaired) electrons. The van der Waals surface area contributed by atoms with Crippen molar-refractivity contribution in [2.75, 3.05) is 19.5 Å². The molecule has 0 saturated carbocycles. The van der Waals surface area contributed by atoms with Gasteiger partial charge in [-0.2, -0.15) is 10.1 Å². The molecular formula is C26H21ClN4O3. The minimum atomic E-state index is -0.393. The van der Waals surface area contributed by atoms with Crippen LogP contribution in [0.4, 0.5) is 5.95 Å². The highest BCUT2D eigenvalue weighted by Gasteiger charge is 2.41. The van der Waals surface area contributed by atoms with Gasteiger partial charge in [0.25, 0.3) is 0 Å². The molecule has 4 aromatic rings. The van der Waals surface area contributed by atoms with E-state index in [0.717, 1.165) is 45.2 Å². The lowest BCUT2D eigenvalue weighted by Crippen LogP contribution is -2.32. The molecule has 0 aliphatic carbocycles. The summed E-state index contributed by atoms with van der Waals surface area (Å²) >= 11 is 6.40. The number of methoxy groups -OCH3 is 2. The Morgan fingerprint density at radius 1 is 0.941 bits per heavy atom. The summed E-state index contributed by atoms with van der Waals surface area (Å²) in [5.74, 6) is 2.94. The van der Waals surface area contributed by atoms with Gasteiger partial charge in [-0.15, -0.1) is 0 Å². The van der Waals surface area contributed by atoms with Gasteiger partial charge in [-0.3, -0.25) is 0 Å². The van der Waals surface area contributed by atoms with Crippen LogP contribution in [0.5, 0.6) is 17.2 Å². The van der Waals surface area contributed by atoms with E-state index in [-0.39, 0.29) is 6.04 Å². The Hall–Kier alpha value is -3.97. The molecule has 34 heavy (non-hydrogen) atoms. The summed E-state index contributed by atoms with van der Waals surface area (Å²) in [5.41, 5.74) is 4.80. The number of fused-ring (bicyclic) bond motifs is 3. The van der Waals surface area contributed by atoms with E-state index in [4.69, 9.17) is 25.8 Å². The van der Waals surface area contributed by atoms with E-state index >= 15 is 0 Å². The fourth-order valence-corrected chi connectivity index (χ4v) is 4.80. The number of hydrogen-bond acceptors (Lipinski definition) is 6. The largest absolute Gasteiger partial charge is 0.497 e. The maximum atomic E-state index is 6.63. The predicted octanol–water partition coefficient (Wildman–Crippen LogP) is 5.51. The van der Waals surface area contributed by atoms with Gasteiger partial charge in [-0.1, -0.05) is 35.9 Å². The van der Waals surface area contributed by atoms with E-state index in [9.17, 15) is 0 Å². The van der Waals surface area contributed by atoms with E-state index in [1.807, 2.05) is 71.4 Å². The Bertz CT molecular complexity index is 1410. The van der Waals surface area contributed by atoms with Crippen molar-refractivity contribution in [3.8, 4) is 17.2 Å². The van der Waals surface area contributed by atoms with Gasteiger partial charge in [0.2, 0.25) is 5.95 Å². The van der Waals surface area contributed by atoms with Gasteiger partial charge < -0.3 is 19.5 Å². The lowest BCUT2D eigenvalue weighted by molar-refractivity contribution is 0.222. The molecular weight excluding hydrogens is 452 g/mol. The smallest absolute Gasteiger partial charge is 0.226 e. The SMILES string of the molecule is COc1ccc([C@@H]2C3=C(Nc4ncnn42)c2cc(Cl)ccc2O[C@@H]3c2cccc(OC)c2)cc1. The Kier molecular flexibility index (Phi) is 4.92. The summed E-state index contributed by atoms with van der Waals surface area (Å²) in [6, 6.07) is 21.3. The predicted molar refractivity (Wildman–Crippen MR) is 130 cm³/mol. The van der Waals surface area contributed by atoms with Crippen LogP contribution >= 0.6 is 11.6 Å². The summed E-state index contributed by atoms with van der Waals surface area (Å²) in [5, 5.41) is 8.67. The molecule has 3 heterocycles. The summed E-state index contributed by atoms with van der Waals surface area (Å²) < 4.78 is 19.4. The highest BCUT2D eigenvalue weighted by molar-refractivity contribution is 6.30. The highest BCUT2D eigenvalue weighted by atomic mass is 35.5. The number of anilines is 1. The van der Waals surface area contributed by atoms with E-state index in [2.05, 4.69) is 15.4 Å². The maximum absolute atomic E-state index is 6.63. The lowest BCUT2D eigenvalue weighted by Gasteiger charge is -2.39. The van der Waals surface area contributed by atoms with Crippen LogP contribution in [0.1, 0.15) is 28.8 Å². The molecule has 2 atom stereocenters. The number of nitrogens with one attached hydrogen (secondary N) is 1. The lowest BCUT2D eigenvalue weighted by atomic mass is 9.84. The standard InChI is InChI=1S/C26H21ClN4O3/c1-32-18-9-6-15(7-10-18)24-22-23(30-26-28-14-29-31(24)26)20-13-17(27)8-11-21(20)34-25(22)16-4-3-5-19(12-16)33-2/h3-14,24-25H,1-2H3,(H,28,29,30)/t24-,25-/m1/s1. The molecule has 7 nitrogen and oxygen atoms in total. The number of nitrogens with zero attached hydrogens (tertiary/aromatic N) is 3. The normalized spacial score (nSPS) is 18.2. The second-order valence-electron chi connectivity index (χ2n) is 8.07. The third-order valence-corrected chi connectivity index (χ3v) is 6.44. The van der Waals surface area contributed by atoms with Gasteiger partial charge in [0.05, 0.1) is 19.9 Å². The van der Waals surface area contributed by atoms with Crippen molar-refractivity contribution in [3.63, 3.8) is 0 Å². The monoisotopic (exact) mass is 472 g/mol. The number of halogens is 1. The number of rotatable bonds is 4. The molecule has 170 valence electrons. The van der Waals surface area contributed by atoms with Crippen LogP contribution in [0.2, 0.25) is 5.02 Å². The molecule has 0 unspecified atom stereocenters. The Balaban J connectivity index is 1.61. The number of aromatic nitrogens is 3. The zero-order chi connectivity index (χ0) is 23.2. The average molecular weight is 473 g/mol. The third kappa shape index (κ3) is 3.28. The quantitative estimate of drug-likeness (QED) is 0.422. The molecule has 2 aliphatic heterocycles. The first-order chi connectivity index (χ1) is 16.7. The first kappa shape index (κ1) is 20.6. The second-order valence-corrected chi connectivity index (χ2v) is 8.51. The molecule has 0 spiro atoms. The van der Waals surface area contributed by atoms with E-state index in [0.29, 0.717) is 11.0 Å². The van der Waals surface area contributed by atoms with E-state index in [1.54, 1.807) is 20.5 Å². The van der Waals surface area contributed by atoms with E-state index in [1.165, 1.54) is 0 Å². The molecule has 8 heteroatoms. The molecule has 1 aromatic heterocycles. The summed E-state index contributed by atoms with van der Waals surface area (Å²) in [6.07, 6.45) is 1.16. The van der Waals surface area contributed by atoms with Gasteiger partial charge in [0, 0.05) is 21.7 Å². The summed E-state index contributed by atoms with van der Waals surface area (Å²) in [6.45, 7) is 0. The maximum Gasteiger partial charge on any atom is 0.226 e. The molecule has 0 saturated heterocycles. The van der Waals surface area contributed by atoms with Crippen LogP contribution in [0.15, 0.2) is 78.6 Å². The van der Waals surface area contributed by atoms with Crippen molar-refractivity contribution < 1.29 is 14.2 Å². The van der Waals surface area contributed by atoms with E-state index < -0.39 is 6.10 Å².